The molecule has 1 atom stereocenters. The molecule has 0 saturated carbocycles. The number of amides is 3. The maximum Gasteiger partial charge on any atom is 0.321 e. The standard InChI is InChI=1S/C15H16N4O2/c1-19-9-8-12(14(19)20)17-15(21)18-13-7-6-10-4-2-3-5-11(10)16-13/h2-7,12H,8-9H2,1H3,(H2,16,17,18,21). The number of fused-ring (bicyclic) bond motifs is 1. The fourth-order valence-corrected chi connectivity index (χ4v) is 2.40. The second kappa shape index (κ2) is 5.40. The molecule has 1 unspecified atom stereocenters. The first kappa shape index (κ1) is 13.4. The van der Waals surface area contributed by atoms with Gasteiger partial charge in [-0.3, -0.25) is 10.1 Å². The third kappa shape index (κ3) is 2.79. The van der Waals surface area contributed by atoms with Crippen LogP contribution in [0.1, 0.15) is 6.42 Å². The van der Waals surface area contributed by atoms with E-state index >= 15 is 0 Å². The van der Waals surface area contributed by atoms with Crippen LogP contribution in [0.2, 0.25) is 0 Å². The largest absolute Gasteiger partial charge is 0.344 e. The number of para-hydroxylation sites is 1. The summed E-state index contributed by atoms with van der Waals surface area (Å²) in [5, 5.41) is 6.35. The molecule has 6 heteroatoms. The number of urea groups is 1. The van der Waals surface area contributed by atoms with Gasteiger partial charge in [-0.2, -0.15) is 0 Å². The molecule has 0 aliphatic carbocycles. The highest BCUT2D eigenvalue weighted by Gasteiger charge is 2.30. The highest BCUT2D eigenvalue weighted by Crippen LogP contribution is 2.14. The summed E-state index contributed by atoms with van der Waals surface area (Å²) in [6, 6.07) is 10.4. The van der Waals surface area contributed by atoms with Crippen molar-refractivity contribution in [1.82, 2.24) is 15.2 Å². The van der Waals surface area contributed by atoms with Crippen LogP contribution in [-0.4, -0.2) is 41.5 Å². The van der Waals surface area contributed by atoms with E-state index < -0.39 is 12.1 Å². The van der Waals surface area contributed by atoms with Crippen LogP contribution >= 0.6 is 0 Å². The minimum atomic E-state index is -0.449. The molecule has 108 valence electrons. The molecule has 0 radical (unpaired) electrons. The third-order valence-electron chi connectivity index (χ3n) is 3.57. The highest BCUT2D eigenvalue weighted by molar-refractivity contribution is 5.94. The molecule has 1 aliphatic rings. The summed E-state index contributed by atoms with van der Waals surface area (Å²) in [4.78, 5) is 29.6. The minimum Gasteiger partial charge on any atom is -0.344 e. The van der Waals surface area contributed by atoms with Crippen molar-refractivity contribution in [2.24, 2.45) is 0 Å². The summed E-state index contributed by atoms with van der Waals surface area (Å²) >= 11 is 0. The number of rotatable bonds is 2. The van der Waals surface area contributed by atoms with Crippen LogP contribution in [0.25, 0.3) is 10.9 Å². The number of carbonyl (C=O) groups is 2. The molecule has 21 heavy (non-hydrogen) atoms. The summed E-state index contributed by atoms with van der Waals surface area (Å²) in [6.45, 7) is 0.665. The Balaban J connectivity index is 1.67. The number of hydrogen-bond donors (Lipinski definition) is 2. The van der Waals surface area contributed by atoms with Gasteiger partial charge in [-0.15, -0.1) is 0 Å². The first-order valence-corrected chi connectivity index (χ1v) is 6.82. The Hall–Kier alpha value is -2.63. The molecule has 1 fully saturated rings. The molecular formula is C15H16N4O2. The van der Waals surface area contributed by atoms with Gasteiger partial charge in [0, 0.05) is 19.0 Å². The van der Waals surface area contributed by atoms with Crippen molar-refractivity contribution in [3.8, 4) is 0 Å². The monoisotopic (exact) mass is 284 g/mol. The molecule has 2 heterocycles. The van der Waals surface area contributed by atoms with E-state index in [4.69, 9.17) is 0 Å². The lowest BCUT2D eigenvalue weighted by Crippen LogP contribution is -2.42. The zero-order chi connectivity index (χ0) is 14.8. The molecule has 3 amide bonds. The SMILES string of the molecule is CN1CCC(NC(=O)Nc2ccc3ccccc3n2)C1=O. The van der Waals surface area contributed by atoms with E-state index in [1.807, 2.05) is 30.3 Å². The molecule has 2 aromatic rings. The predicted octanol–water partition coefficient (Wildman–Crippen LogP) is 1.59. The Morgan fingerprint density at radius 3 is 2.86 bits per heavy atom. The summed E-state index contributed by atoms with van der Waals surface area (Å²) in [5.41, 5.74) is 0.812. The van der Waals surface area contributed by atoms with Gasteiger partial charge in [0.1, 0.15) is 11.9 Å². The Morgan fingerprint density at radius 1 is 1.29 bits per heavy atom. The van der Waals surface area contributed by atoms with Gasteiger partial charge < -0.3 is 10.2 Å². The first-order chi connectivity index (χ1) is 10.1. The average Bonchev–Trinajstić information content (AvgIpc) is 2.79. The molecule has 1 aliphatic heterocycles. The van der Waals surface area contributed by atoms with E-state index in [9.17, 15) is 9.59 Å². The fraction of sp³-hybridized carbons (Fsp3) is 0.267. The smallest absolute Gasteiger partial charge is 0.321 e. The van der Waals surface area contributed by atoms with Crippen LogP contribution in [-0.2, 0) is 4.79 Å². The lowest BCUT2D eigenvalue weighted by molar-refractivity contribution is -0.128. The molecule has 6 nitrogen and oxygen atoms in total. The van der Waals surface area contributed by atoms with Crippen molar-refractivity contribution in [2.75, 3.05) is 18.9 Å². The number of likely N-dealkylation sites (N-methyl/N-ethyl adjacent to an activating group) is 1. The van der Waals surface area contributed by atoms with Crippen LogP contribution in [0.5, 0.6) is 0 Å². The summed E-state index contributed by atoms with van der Waals surface area (Å²) in [6.07, 6.45) is 0.633. The molecule has 1 aromatic heterocycles. The number of pyridine rings is 1. The predicted molar refractivity (Wildman–Crippen MR) is 79.9 cm³/mol. The number of aromatic nitrogens is 1. The van der Waals surface area contributed by atoms with Gasteiger partial charge in [0.25, 0.3) is 0 Å². The Bertz CT molecular complexity index is 701. The summed E-state index contributed by atoms with van der Waals surface area (Å²) in [5.74, 6) is 0.404. The molecule has 0 bridgehead atoms. The zero-order valence-corrected chi connectivity index (χ0v) is 11.7. The number of anilines is 1. The van der Waals surface area contributed by atoms with E-state index in [0.717, 1.165) is 10.9 Å². The number of nitrogens with zero attached hydrogens (tertiary/aromatic N) is 2. The van der Waals surface area contributed by atoms with E-state index in [2.05, 4.69) is 15.6 Å². The molecule has 3 rings (SSSR count). The van der Waals surface area contributed by atoms with Gasteiger partial charge in [-0.25, -0.2) is 9.78 Å². The maximum atomic E-state index is 11.9. The number of hydrogen-bond acceptors (Lipinski definition) is 3. The lowest BCUT2D eigenvalue weighted by atomic mass is 10.2. The van der Waals surface area contributed by atoms with Gasteiger partial charge in [-0.1, -0.05) is 18.2 Å². The number of benzene rings is 1. The van der Waals surface area contributed by atoms with E-state index in [1.54, 1.807) is 18.0 Å². The lowest BCUT2D eigenvalue weighted by Gasteiger charge is -2.13. The van der Waals surface area contributed by atoms with Crippen molar-refractivity contribution in [3.05, 3.63) is 36.4 Å². The van der Waals surface area contributed by atoms with Crippen LogP contribution in [0.3, 0.4) is 0 Å². The Kier molecular flexibility index (Phi) is 3.43. The Morgan fingerprint density at radius 2 is 2.10 bits per heavy atom. The molecule has 2 N–H and O–H groups in total. The van der Waals surface area contributed by atoms with Crippen LogP contribution in [0.15, 0.2) is 36.4 Å². The van der Waals surface area contributed by atoms with Crippen LogP contribution in [0.4, 0.5) is 10.6 Å². The molecule has 1 aromatic carbocycles. The van der Waals surface area contributed by atoms with Crippen molar-refractivity contribution < 1.29 is 9.59 Å². The Labute approximate surface area is 122 Å². The van der Waals surface area contributed by atoms with E-state index in [1.165, 1.54) is 0 Å². The molecule has 0 spiro atoms. The van der Waals surface area contributed by atoms with Crippen molar-refractivity contribution in [3.63, 3.8) is 0 Å². The zero-order valence-electron chi connectivity index (χ0n) is 11.7. The quantitative estimate of drug-likeness (QED) is 0.879. The van der Waals surface area contributed by atoms with E-state index in [0.29, 0.717) is 18.8 Å². The van der Waals surface area contributed by atoms with Crippen molar-refractivity contribution in [1.29, 1.82) is 0 Å². The second-order valence-electron chi connectivity index (χ2n) is 5.09. The number of nitrogens with one attached hydrogen (secondary N) is 2. The van der Waals surface area contributed by atoms with Crippen LogP contribution in [0, 0.1) is 0 Å². The van der Waals surface area contributed by atoms with Gasteiger partial charge in [-0.05, 0) is 24.6 Å². The first-order valence-electron chi connectivity index (χ1n) is 6.82. The van der Waals surface area contributed by atoms with Gasteiger partial charge in [0.2, 0.25) is 5.91 Å². The van der Waals surface area contributed by atoms with Crippen molar-refractivity contribution >= 4 is 28.7 Å². The van der Waals surface area contributed by atoms with Gasteiger partial charge in [0.05, 0.1) is 5.52 Å². The topological polar surface area (TPSA) is 74.3 Å². The average molecular weight is 284 g/mol. The van der Waals surface area contributed by atoms with Crippen LogP contribution < -0.4 is 10.6 Å². The normalized spacial score (nSPS) is 18.0. The molecule has 1 saturated heterocycles. The van der Waals surface area contributed by atoms with Gasteiger partial charge >= 0.3 is 6.03 Å². The highest BCUT2D eigenvalue weighted by atomic mass is 16.2. The minimum absolute atomic E-state index is 0.0587. The fourth-order valence-electron chi connectivity index (χ4n) is 2.40. The van der Waals surface area contributed by atoms with Crippen molar-refractivity contribution in [2.45, 2.75) is 12.5 Å². The number of carbonyl (C=O) groups excluding carboxylic acids is 2. The third-order valence-corrected chi connectivity index (χ3v) is 3.57. The van der Waals surface area contributed by atoms with E-state index in [-0.39, 0.29) is 5.91 Å². The summed E-state index contributed by atoms with van der Waals surface area (Å²) in [7, 11) is 1.73. The van der Waals surface area contributed by atoms with Gasteiger partial charge in [0.15, 0.2) is 0 Å². The molecular weight excluding hydrogens is 268 g/mol. The second-order valence-corrected chi connectivity index (χ2v) is 5.09. The maximum absolute atomic E-state index is 11.9. The number of likely N-dealkylation sites (tertiary alicyclic amines) is 1. The summed E-state index contributed by atoms with van der Waals surface area (Å²) < 4.78 is 0.